The van der Waals surface area contributed by atoms with Gasteiger partial charge in [0.1, 0.15) is 6.67 Å². The van der Waals surface area contributed by atoms with Crippen LogP contribution in [0.15, 0.2) is 12.1 Å². The van der Waals surface area contributed by atoms with Crippen LogP contribution >= 0.6 is 0 Å². The molecule has 39 valence electrons. The Morgan fingerprint density at radius 1 is 2.00 bits per heavy atom. The van der Waals surface area contributed by atoms with E-state index >= 15 is 0 Å². The minimum absolute atomic E-state index is 0.656. The van der Waals surface area contributed by atoms with Gasteiger partial charge in [-0.2, -0.15) is 0 Å². The van der Waals surface area contributed by atoms with E-state index in [1.54, 1.807) is 13.3 Å². The molecule has 0 saturated carbocycles. The van der Waals surface area contributed by atoms with Crippen molar-refractivity contribution in [1.29, 1.82) is 0 Å². The predicted molar refractivity (Wildman–Crippen MR) is 25.2 cm³/mol. The third-order valence-electron chi connectivity index (χ3n) is 0.761. The molecule has 7 heavy (non-hydrogen) atoms. The van der Waals surface area contributed by atoms with E-state index in [1.807, 2.05) is 0 Å². The van der Waals surface area contributed by atoms with Crippen LogP contribution in [0, 0.1) is 0 Å². The Bertz CT molecular complexity index is 89.7. The van der Waals surface area contributed by atoms with Gasteiger partial charge >= 0.3 is 0 Å². The quantitative estimate of drug-likeness (QED) is 0.485. The van der Waals surface area contributed by atoms with Crippen molar-refractivity contribution in [3.05, 3.63) is 12.1 Å². The number of nitrogens with zero attached hydrogens (tertiary/aromatic N) is 1. The maximum atomic E-state index is 4.74. The molecule has 0 amide bonds. The second-order valence-corrected chi connectivity index (χ2v) is 1.21. The van der Waals surface area contributed by atoms with E-state index in [0.717, 1.165) is 0 Å². The van der Waals surface area contributed by atoms with E-state index in [0.29, 0.717) is 12.6 Å². The van der Waals surface area contributed by atoms with Crippen LogP contribution in [0.1, 0.15) is 0 Å². The summed E-state index contributed by atoms with van der Waals surface area (Å²) in [6, 6.07) is 0. The van der Waals surface area contributed by atoms with Gasteiger partial charge < -0.3 is 10.1 Å². The molecule has 1 radical (unpaired) electrons. The Hall–Kier alpha value is -0.860. The topological polar surface area (TPSA) is 35.4 Å². The molecule has 3 nitrogen and oxygen atoms in total. The van der Waals surface area contributed by atoms with Crippen LogP contribution < -0.4 is 10.6 Å². The fourth-order valence-corrected chi connectivity index (χ4v) is 0.426. The molecule has 0 aliphatic carbocycles. The van der Waals surface area contributed by atoms with Crippen LogP contribution in [0.3, 0.4) is 0 Å². The van der Waals surface area contributed by atoms with Crippen molar-refractivity contribution in [2.75, 3.05) is 13.8 Å². The molecule has 1 N–H and O–H groups in total. The summed E-state index contributed by atoms with van der Waals surface area (Å²) in [6.45, 7) is 0.656. The van der Waals surface area contributed by atoms with Gasteiger partial charge in [0.25, 0.3) is 0 Å². The standard InChI is InChI=1S/C4H7N2O/c1-7-4-2-5-3-6-4/h2,5H,3H2,1H3. The van der Waals surface area contributed by atoms with E-state index in [4.69, 9.17) is 4.74 Å². The first kappa shape index (κ1) is 4.30. The number of nitrogens with one attached hydrogen (secondary N) is 1. The second kappa shape index (κ2) is 1.73. The molecule has 0 aromatic carbocycles. The molecule has 0 aromatic heterocycles. The van der Waals surface area contributed by atoms with Crippen molar-refractivity contribution >= 4 is 0 Å². The smallest absolute Gasteiger partial charge is 0.226 e. The van der Waals surface area contributed by atoms with Gasteiger partial charge in [0.2, 0.25) is 5.88 Å². The Morgan fingerprint density at radius 3 is 3.14 bits per heavy atom. The molecule has 0 spiro atoms. The fourth-order valence-electron chi connectivity index (χ4n) is 0.426. The largest absolute Gasteiger partial charge is 0.480 e. The summed E-state index contributed by atoms with van der Waals surface area (Å²) < 4.78 is 4.74. The van der Waals surface area contributed by atoms with Crippen LogP contribution in [0.25, 0.3) is 0 Å². The lowest BCUT2D eigenvalue weighted by atomic mass is 10.9. The van der Waals surface area contributed by atoms with E-state index in [9.17, 15) is 0 Å². The zero-order valence-electron chi connectivity index (χ0n) is 4.14. The van der Waals surface area contributed by atoms with Gasteiger partial charge in [-0.3, -0.25) is 0 Å². The first-order chi connectivity index (χ1) is 3.43. The van der Waals surface area contributed by atoms with Crippen LogP contribution in [-0.4, -0.2) is 13.8 Å². The molecule has 1 heterocycles. The van der Waals surface area contributed by atoms with E-state index in [-0.39, 0.29) is 0 Å². The normalized spacial score (nSPS) is 17.0. The molecular formula is C4H7N2O. The number of methoxy groups -OCH3 is 1. The fraction of sp³-hybridized carbons (Fsp3) is 0.500. The summed E-state index contributed by atoms with van der Waals surface area (Å²) in [6.07, 6.45) is 1.74. The third-order valence-corrected chi connectivity index (χ3v) is 0.761. The maximum absolute atomic E-state index is 4.74. The lowest BCUT2D eigenvalue weighted by molar-refractivity contribution is 0.268. The minimum Gasteiger partial charge on any atom is -0.480 e. The van der Waals surface area contributed by atoms with Gasteiger partial charge in [0.15, 0.2) is 0 Å². The van der Waals surface area contributed by atoms with Crippen LogP contribution in [0.2, 0.25) is 0 Å². The van der Waals surface area contributed by atoms with Crippen LogP contribution in [0.5, 0.6) is 0 Å². The molecule has 1 aliphatic rings. The number of rotatable bonds is 1. The molecule has 0 unspecified atom stereocenters. The summed E-state index contributed by atoms with van der Waals surface area (Å²) in [7, 11) is 1.60. The van der Waals surface area contributed by atoms with Crippen molar-refractivity contribution in [2.24, 2.45) is 0 Å². The average molecular weight is 99.1 g/mol. The Balaban J connectivity index is 2.36. The average Bonchev–Trinajstić information content (AvgIpc) is 2.14. The minimum atomic E-state index is 0.656. The van der Waals surface area contributed by atoms with E-state index in [1.165, 1.54) is 0 Å². The summed E-state index contributed by atoms with van der Waals surface area (Å²) in [5.74, 6) is 0.681. The highest BCUT2D eigenvalue weighted by molar-refractivity contribution is 4.93. The Morgan fingerprint density at radius 2 is 2.86 bits per heavy atom. The number of ether oxygens (including phenoxy) is 1. The van der Waals surface area contributed by atoms with Gasteiger partial charge in [0.05, 0.1) is 13.3 Å². The SMILES string of the molecule is COC1=CNC[N]1. The van der Waals surface area contributed by atoms with Gasteiger partial charge in [-0.1, -0.05) is 0 Å². The maximum Gasteiger partial charge on any atom is 0.226 e. The van der Waals surface area contributed by atoms with Crippen molar-refractivity contribution in [1.82, 2.24) is 10.6 Å². The van der Waals surface area contributed by atoms with Gasteiger partial charge in [-0.05, 0) is 0 Å². The Kier molecular flexibility index (Phi) is 1.06. The monoisotopic (exact) mass is 99.1 g/mol. The van der Waals surface area contributed by atoms with E-state index in [2.05, 4.69) is 10.6 Å². The summed E-state index contributed by atoms with van der Waals surface area (Å²) in [4.78, 5) is 0. The van der Waals surface area contributed by atoms with Gasteiger partial charge in [0, 0.05) is 0 Å². The molecular weight excluding hydrogens is 92.1 g/mol. The first-order valence-corrected chi connectivity index (χ1v) is 2.08. The summed E-state index contributed by atoms with van der Waals surface area (Å²) in [5.41, 5.74) is 0. The third kappa shape index (κ3) is 0.765. The van der Waals surface area contributed by atoms with Crippen molar-refractivity contribution in [3.8, 4) is 0 Å². The predicted octanol–water partition coefficient (Wildman–Crippen LogP) is -0.403. The summed E-state index contributed by atoms with van der Waals surface area (Å²) >= 11 is 0. The van der Waals surface area contributed by atoms with Crippen molar-refractivity contribution in [2.45, 2.75) is 0 Å². The lowest BCUT2D eigenvalue weighted by Crippen LogP contribution is -2.07. The highest BCUT2D eigenvalue weighted by Crippen LogP contribution is 1.91. The van der Waals surface area contributed by atoms with Crippen LogP contribution in [0.4, 0.5) is 0 Å². The molecule has 0 fully saturated rings. The van der Waals surface area contributed by atoms with Crippen molar-refractivity contribution in [3.63, 3.8) is 0 Å². The molecule has 0 aromatic rings. The van der Waals surface area contributed by atoms with Gasteiger partial charge in [-0.25, -0.2) is 5.32 Å². The number of hydrogen-bond donors (Lipinski definition) is 1. The summed E-state index contributed by atoms with van der Waals surface area (Å²) in [5, 5.41) is 6.75. The lowest BCUT2D eigenvalue weighted by Gasteiger charge is -1.92. The highest BCUT2D eigenvalue weighted by Gasteiger charge is 2.00. The Labute approximate surface area is 42.4 Å². The molecule has 0 bridgehead atoms. The van der Waals surface area contributed by atoms with E-state index < -0.39 is 0 Å². The van der Waals surface area contributed by atoms with Crippen LogP contribution in [-0.2, 0) is 4.74 Å². The molecule has 3 heteroatoms. The van der Waals surface area contributed by atoms with Crippen molar-refractivity contribution < 1.29 is 4.74 Å². The number of hydrogen-bond acceptors (Lipinski definition) is 2. The zero-order chi connectivity index (χ0) is 5.11. The van der Waals surface area contributed by atoms with Gasteiger partial charge in [-0.15, -0.1) is 0 Å². The zero-order valence-corrected chi connectivity index (χ0v) is 4.14. The molecule has 1 aliphatic heterocycles. The molecule has 1 rings (SSSR count). The molecule has 0 atom stereocenters. The molecule has 0 saturated heterocycles. The first-order valence-electron chi connectivity index (χ1n) is 2.08. The second-order valence-electron chi connectivity index (χ2n) is 1.21. The highest BCUT2D eigenvalue weighted by atomic mass is 16.5.